The second-order valence-electron chi connectivity index (χ2n) is 5.98. The summed E-state index contributed by atoms with van der Waals surface area (Å²) in [6.07, 6.45) is 1.81. The number of methoxy groups -OCH3 is 2. The van der Waals surface area contributed by atoms with Crippen LogP contribution in [0.15, 0.2) is 41.4 Å². The molecule has 142 valence electrons. The highest BCUT2D eigenvalue weighted by atomic mass is 127. The molecule has 0 atom stereocenters. The topological polar surface area (TPSA) is 68.9 Å². The normalized spacial score (nSPS) is 10.8. The van der Waals surface area contributed by atoms with E-state index in [1.807, 2.05) is 24.3 Å². The van der Waals surface area contributed by atoms with Gasteiger partial charge >= 0.3 is 0 Å². The van der Waals surface area contributed by atoms with Gasteiger partial charge in [0.25, 0.3) is 0 Å². The molecule has 2 aromatic carbocycles. The molecule has 0 aliphatic carbocycles. The molecule has 0 radical (unpaired) electrons. The first kappa shape index (κ1) is 22.1. The summed E-state index contributed by atoms with van der Waals surface area (Å²) in [7, 11) is 3.28. The van der Waals surface area contributed by atoms with Crippen molar-refractivity contribution >= 4 is 35.6 Å². The van der Waals surface area contributed by atoms with Gasteiger partial charge in [-0.25, -0.2) is 0 Å². The van der Waals surface area contributed by atoms with Gasteiger partial charge in [-0.05, 0) is 67.6 Å². The third kappa shape index (κ3) is 6.40. The zero-order chi connectivity index (χ0) is 18.2. The first-order valence-corrected chi connectivity index (χ1v) is 8.38. The number of halogens is 1. The van der Waals surface area contributed by atoms with E-state index in [0.29, 0.717) is 12.5 Å². The lowest BCUT2D eigenvalue weighted by Gasteiger charge is -2.09. The summed E-state index contributed by atoms with van der Waals surface area (Å²) in [5, 5.41) is 3.13. The van der Waals surface area contributed by atoms with Gasteiger partial charge in [0.15, 0.2) is 17.5 Å². The van der Waals surface area contributed by atoms with Gasteiger partial charge in [0.2, 0.25) is 0 Å². The Morgan fingerprint density at radius 2 is 1.73 bits per heavy atom. The van der Waals surface area contributed by atoms with Crippen molar-refractivity contribution in [2.24, 2.45) is 10.7 Å². The number of rotatable bonds is 7. The Morgan fingerprint density at radius 1 is 1.00 bits per heavy atom. The van der Waals surface area contributed by atoms with Crippen molar-refractivity contribution in [3.8, 4) is 11.5 Å². The van der Waals surface area contributed by atoms with Crippen LogP contribution < -0.4 is 20.5 Å². The molecular formula is C20H28IN3O2. The van der Waals surface area contributed by atoms with Crippen LogP contribution >= 0.6 is 24.0 Å². The van der Waals surface area contributed by atoms with Gasteiger partial charge in [-0.15, -0.1) is 24.0 Å². The van der Waals surface area contributed by atoms with Crippen LogP contribution in [0.3, 0.4) is 0 Å². The van der Waals surface area contributed by atoms with Crippen molar-refractivity contribution in [1.29, 1.82) is 0 Å². The molecule has 0 aliphatic rings. The number of nitrogens with one attached hydrogen (secondary N) is 1. The number of anilines is 1. The van der Waals surface area contributed by atoms with Crippen molar-refractivity contribution in [2.75, 3.05) is 26.1 Å². The van der Waals surface area contributed by atoms with E-state index in [1.165, 1.54) is 16.7 Å². The second kappa shape index (κ2) is 10.9. The molecule has 0 saturated carbocycles. The Morgan fingerprint density at radius 3 is 2.38 bits per heavy atom. The highest BCUT2D eigenvalue weighted by Gasteiger charge is 2.04. The largest absolute Gasteiger partial charge is 0.493 e. The molecule has 0 amide bonds. The second-order valence-corrected chi connectivity index (χ2v) is 5.98. The quantitative estimate of drug-likeness (QED) is 0.275. The maximum absolute atomic E-state index is 5.96. The molecule has 0 spiro atoms. The first-order valence-electron chi connectivity index (χ1n) is 8.38. The van der Waals surface area contributed by atoms with Gasteiger partial charge in [0.05, 0.1) is 14.2 Å². The van der Waals surface area contributed by atoms with E-state index in [2.05, 4.69) is 36.3 Å². The van der Waals surface area contributed by atoms with Crippen LogP contribution in [-0.2, 0) is 6.42 Å². The summed E-state index contributed by atoms with van der Waals surface area (Å²) in [5.41, 5.74) is 10.6. The van der Waals surface area contributed by atoms with Gasteiger partial charge < -0.3 is 20.5 Å². The lowest BCUT2D eigenvalue weighted by Crippen LogP contribution is -2.23. The maximum Gasteiger partial charge on any atom is 0.193 e. The fourth-order valence-corrected chi connectivity index (χ4v) is 2.53. The average molecular weight is 469 g/mol. The SMILES string of the molecule is COc1ccc(CCCN=C(N)Nc2ccc(C)c(C)c2)cc1OC.I. The number of nitrogens with zero attached hydrogens (tertiary/aromatic N) is 1. The minimum absolute atomic E-state index is 0. The molecule has 0 bridgehead atoms. The lowest BCUT2D eigenvalue weighted by molar-refractivity contribution is 0.354. The Bertz CT molecular complexity index is 748. The monoisotopic (exact) mass is 469 g/mol. The molecule has 0 fully saturated rings. The molecule has 0 heterocycles. The van der Waals surface area contributed by atoms with Gasteiger partial charge in [-0.1, -0.05) is 12.1 Å². The van der Waals surface area contributed by atoms with E-state index in [1.54, 1.807) is 14.2 Å². The van der Waals surface area contributed by atoms with E-state index >= 15 is 0 Å². The minimum Gasteiger partial charge on any atom is -0.493 e. The third-order valence-corrected chi connectivity index (χ3v) is 4.13. The Kier molecular flexibility index (Phi) is 9.26. The number of hydrogen-bond acceptors (Lipinski definition) is 3. The zero-order valence-corrected chi connectivity index (χ0v) is 18.2. The van der Waals surface area contributed by atoms with Gasteiger partial charge in [0.1, 0.15) is 0 Å². The summed E-state index contributed by atoms with van der Waals surface area (Å²) >= 11 is 0. The molecule has 0 aromatic heterocycles. The summed E-state index contributed by atoms with van der Waals surface area (Å²) in [6, 6.07) is 12.1. The summed E-state index contributed by atoms with van der Waals surface area (Å²) < 4.78 is 10.6. The molecule has 3 N–H and O–H groups in total. The smallest absolute Gasteiger partial charge is 0.193 e. The summed E-state index contributed by atoms with van der Waals surface area (Å²) in [4.78, 5) is 4.39. The van der Waals surface area contributed by atoms with Crippen LogP contribution in [0.5, 0.6) is 11.5 Å². The molecular weight excluding hydrogens is 441 g/mol. The van der Waals surface area contributed by atoms with E-state index in [0.717, 1.165) is 30.0 Å². The number of ether oxygens (including phenoxy) is 2. The fraction of sp³-hybridized carbons (Fsp3) is 0.350. The van der Waals surface area contributed by atoms with Gasteiger partial charge in [-0.3, -0.25) is 4.99 Å². The van der Waals surface area contributed by atoms with Crippen LogP contribution in [0, 0.1) is 13.8 Å². The third-order valence-electron chi connectivity index (χ3n) is 4.13. The Balaban J connectivity index is 0.00000338. The molecule has 2 rings (SSSR count). The van der Waals surface area contributed by atoms with Crippen LogP contribution in [0.2, 0.25) is 0 Å². The van der Waals surface area contributed by atoms with E-state index in [-0.39, 0.29) is 24.0 Å². The Labute approximate surface area is 173 Å². The number of aliphatic imine (C=N–C) groups is 1. The van der Waals surface area contributed by atoms with Crippen molar-refractivity contribution < 1.29 is 9.47 Å². The predicted octanol–water partition coefficient (Wildman–Crippen LogP) is 4.30. The molecule has 5 nitrogen and oxygen atoms in total. The van der Waals surface area contributed by atoms with E-state index in [9.17, 15) is 0 Å². The standard InChI is InChI=1S/C20H27N3O2.HI/c1-14-7-9-17(12-15(14)2)23-20(21)22-11-5-6-16-8-10-18(24-3)19(13-16)25-4;/h7-10,12-13H,5-6,11H2,1-4H3,(H3,21,22,23);1H. The zero-order valence-electron chi connectivity index (χ0n) is 15.8. The molecule has 0 unspecified atom stereocenters. The van der Waals surface area contributed by atoms with Crippen LogP contribution in [0.1, 0.15) is 23.1 Å². The van der Waals surface area contributed by atoms with Gasteiger partial charge in [-0.2, -0.15) is 0 Å². The van der Waals surface area contributed by atoms with Crippen LogP contribution in [0.4, 0.5) is 5.69 Å². The van der Waals surface area contributed by atoms with E-state index in [4.69, 9.17) is 15.2 Å². The number of nitrogens with two attached hydrogens (primary N) is 1. The van der Waals surface area contributed by atoms with Gasteiger partial charge in [0, 0.05) is 12.2 Å². The number of aryl methyl sites for hydroxylation is 3. The summed E-state index contributed by atoms with van der Waals surface area (Å²) in [6.45, 7) is 4.83. The number of benzene rings is 2. The fourth-order valence-electron chi connectivity index (χ4n) is 2.53. The highest BCUT2D eigenvalue weighted by molar-refractivity contribution is 14.0. The lowest BCUT2D eigenvalue weighted by atomic mass is 10.1. The van der Waals surface area contributed by atoms with Crippen molar-refractivity contribution in [2.45, 2.75) is 26.7 Å². The van der Waals surface area contributed by atoms with Crippen molar-refractivity contribution in [3.63, 3.8) is 0 Å². The van der Waals surface area contributed by atoms with Crippen LogP contribution in [-0.4, -0.2) is 26.7 Å². The summed E-state index contributed by atoms with van der Waals surface area (Å²) in [5.74, 6) is 1.93. The molecule has 0 aliphatic heterocycles. The molecule has 2 aromatic rings. The van der Waals surface area contributed by atoms with E-state index < -0.39 is 0 Å². The Hall–Kier alpha value is -1.96. The molecule has 6 heteroatoms. The van der Waals surface area contributed by atoms with Crippen molar-refractivity contribution in [1.82, 2.24) is 0 Å². The number of guanidine groups is 1. The molecule has 0 saturated heterocycles. The molecule has 26 heavy (non-hydrogen) atoms. The maximum atomic E-state index is 5.96. The first-order chi connectivity index (χ1) is 12.0. The van der Waals surface area contributed by atoms with Crippen molar-refractivity contribution in [3.05, 3.63) is 53.1 Å². The number of hydrogen-bond donors (Lipinski definition) is 2. The van der Waals surface area contributed by atoms with Crippen LogP contribution in [0.25, 0.3) is 0 Å². The minimum atomic E-state index is 0. The average Bonchev–Trinajstić information content (AvgIpc) is 2.61. The highest BCUT2D eigenvalue weighted by Crippen LogP contribution is 2.27. The predicted molar refractivity (Wildman–Crippen MR) is 119 cm³/mol.